The Morgan fingerprint density at radius 2 is 2.05 bits per heavy atom. The van der Waals surface area contributed by atoms with Gasteiger partial charge in [-0.05, 0) is 30.7 Å². The van der Waals surface area contributed by atoms with Gasteiger partial charge in [0.2, 0.25) is 0 Å². The van der Waals surface area contributed by atoms with Crippen molar-refractivity contribution in [1.29, 1.82) is 0 Å². The number of hydrogen-bond donors (Lipinski definition) is 0. The second kappa shape index (κ2) is 4.89. The van der Waals surface area contributed by atoms with Gasteiger partial charge in [-0.2, -0.15) is 0 Å². The van der Waals surface area contributed by atoms with E-state index in [0.29, 0.717) is 31.9 Å². The lowest BCUT2D eigenvalue weighted by molar-refractivity contribution is -0.143. The first-order valence-corrected chi connectivity index (χ1v) is 7.22. The summed E-state index contributed by atoms with van der Waals surface area (Å²) in [6.45, 7) is 4.44. The van der Waals surface area contributed by atoms with Crippen LogP contribution in [0.25, 0.3) is 0 Å². The molecule has 0 N–H and O–H groups in total. The van der Waals surface area contributed by atoms with Gasteiger partial charge in [-0.15, -0.1) is 0 Å². The predicted molar refractivity (Wildman–Crippen MR) is 74.0 cm³/mol. The third kappa shape index (κ3) is 2.55. The average Bonchev–Trinajstić information content (AvgIpc) is 2.98. The third-order valence-corrected chi connectivity index (χ3v) is 4.04. The van der Waals surface area contributed by atoms with Gasteiger partial charge < -0.3 is 14.4 Å². The fourth-order valence-corrected chi connectivity index (χ4v) is 3.31. The van der Waals surface area contributed by atoms with Gasteiger partial charge in [-0.3, -0.25) is 4.79 Å². The summed E-state index contributed by atoms with van der Waals surface area (Å²) in [7, 11) is 0. The van der Waals surface area contributed by atoms with Gasteiger partial charge in [0, 0.05) is 23.0 Å². The Morgan fingerprint density at radius 1 is 1.32 bits per heavy atom. The number of rotatable bonds is 1. The van der Waals surface area contributed by atoms with Crippen molar-refractivity contribution in [3.63, 3.8) is 0 Å². The molecule has 5 heteroatoms. The molecule has 0 aliphatic carbocycles. The Bertz CT molecular complexity index is 491. The molecular weight excluding hydrogens is 310 g/mol. The van der Waals surface area contributed by atoms with Crippen LogP contribution in [0.3, 0.4) is 0 Å². The number of benzene rings is 1. The molecule has 2 aliphatic rings. The minimum atomic E-state index is -0.545. The molecule has 1 amide bonds. The molecule has 1 aromatic carbocycles. The maximum atomic E-state index is 12.5. The maximum absolute atomic E-state index is 12.5. The lowest BCUT2D eigenvalue weighted by Crippen LogP contribution is -2.36. The highest BCUT2D eigenvalue weighted by atomic mass is 79.9. The third-order valence-electron chi connectivity index (χ3n) is 3.58. The monoisotopic (exact) mass is 325 g/mol. The summed E-state index contributed by atoms with van der Waals surface area (Å²) >= 11 is 3.43. The first-order chi connectivity index (χ1) is 9.08. The molecule has 1 spiro atoms. The number of carbonyl (C=O) groups is 1. The lowest BCUT2D eigenvalue weighted by Gasteiger charge is -2.22. The topological polar surface area (TPSA) is 38.8 Å². The van der Waals surface area contributed by atoms with Gasteiger partial charge in [0.25, 0.3) is 5.91 Å². The molecule has 2 heterocycles. The SMILES string of the molecule is Cc1cc(Br)cc(C(=O)N2CCC3(C2)OCCO3)c1. The van der Waals surface area contributed by atoms with Crippen LogP contribution in [0.4, 0.5) is 0 Å². The molecule has 2 saturated heterocycles. The fraction of sp³-hybridized carbons (Fsp3) is 0.500. The van der Waals surface area contributed by atoms with E-state index in [-0.39, 0.29) is 5.91 Å². The van der Waals surface area contributed by atoms with Crippen molar-refractivity contribution in [2.45, 2.75) is 19.1 Å². The van der Waals surface area contributed by atoms with Gasteiger partial charge in [0.15, 0.2) is 5.79 Å². The number of carbonyl (C=O) groups excluding carboxylic acids is 1. The van der Waals surface area contributed by atoms with E-state index in [1.165, 1.54) is 0 Å². The highest BCUT2D eigenvalue weighted by Gasteiger charge is 2.44. The zero-order chi connectivity index (χ0) is 13.5. The zero-order valence-electron chi connectivity index (χ0n) is 10.8. The van der Waals surface area contributed by atoms with E-state index in [0.717, 1.165) is 16.5 Å². The lowest BCUT2D eigenvalue weighted by atomic mass is 10.1. The van der Waals surface area contributed by atoms with E-state index in [9.17, 15) is 4.79 Å². The minimum absolute atomic E-state index is 0.0420. The highest BCUT2D eigenvalue weighted by Crippen LogP contribution is 2.31. The molecule has 19 heavy (non-hydrogen) atoms. The Morgan fingerprint density at radius 3 is 2.74 bits per heavy atom. The summed E-state index contributed by atoms with van der Waals surface area (Å²) in [5, 5.41) is 0. The van der Waals surface area contributed by atoms with Crippen molar-refractivity contribution in [1.82, 2.24) is 4.90 Å². The van der Waals surface area contributed by atoms with E-state index in [1.807, 2.05) is 30.0 Å². The van der Waals surface area contributed by atoms with E-state index in [4.69, 9.17) is 9.47 Å². The largest absolute Gasteiger partial charge is 0.346 e. The predicted octanol–water partition coefficient (Wildman–Crippen LogP) is 2.35. The molecule has 0 bridgehead atoms. The molecule has 0 unspecified atom stereocenters. The molecular formula is C14H16BrNO3. The second-order valence-electron chi connectivity index (χ2n) is 5.10. The number of aryl methyl sites for hydroxylation is 1. The summed E-state index contributed by atoms with van der Waals surface area (Å²) in [4.78, 5) is 14.3. The van der Waals surface area contributed by atoms with Gasteiger partial charge in [0.1, 0.15) is 0 Å². The summed E-state index contributed by atoms with van der Waals surface area (Å²) < 4.78 is 12.2. The van der Waals surface area contributed by atoms with Crippen LogP contribution >= 0.6 is 15.9 Å². The smallest absolute Gasteiger partial charge is 0.254 e. The van der Waals surface area contributed by atoms with Gasteiger partial charge in [0.05, 0.1) is 19.8 Å². The highest BCUT2D eigenvalue weighted by molar-refractivity contribution is 9.10. The van der Waals surface area contributed by atoms with Crippen molar-refractivity contribution < 1.29 is 14.3 Å². The number of halogens is 1. The van der Waals surface area contributed by atoms with Crippen LogP contribution in [-0.4, -0.2) is 42.9 Å². The van der Waals surface area contributed by atoms with Crippen molar-refractivity contribution in [2.24, 2.45) is 0 Å². The summed E-state index contributed by atoms with van der Waals surface area (Å²) in [6.07, 6.45) is 0.756. The van der Waals surface area contributed by atoms with Crippen LogP contribution in [0.1, 0.15) is 22.3 Å². The standard InChI is InChI=1S/C14H16BrNO3/c1-10-6-11(8-12(15)7-10)13(17)16-3-2-14(9-16)18-4-5-19-14/h6-8H,2-5,9H2,1H3. The van der Waals surface area contributed by atoms with E-state index < -0.39 is 5.79 Å². The molecule has 102 valence electrons. The van der Waals surface area contributed by atoms with Crippen molar-refractivity contribution in [3.8, 4) is 0 Å². The fourth-order valence-electron chi connectivity index (χ4n) is 2.70. The number of amides is 1. The average molecular weight is 326 g/mol. The van der Waals surface area contributed by atoms with E-state index in [2.05, 4.69) is 15.9 Å². The van der Waals surface area contributed by atoms with Crippen LogP contribution in [0, 0.1) is 6.92 Å². The molecule has 4 nitrogen and oxygen atoms in total. The number of hydrogen-bond acceptors (Lipinski definition) is 3. The number of likely N-dealkylation sites (tertiary alicyclic amines) is 1. The maximum Gasteiger partial charge on any atom is 0.254 e. The molecule has 0 atom stereocenters. The number of ether oxygens (including phenoxy) is 2. The Hall–Kier alpha value is -0.910. The second-order valence-corrected chi connectivity index (χ2v) is 6.02. The van der Waals surface area contributed by atoms with Gasteiger partial charge in [-0.1, -0.05) is 15.9 Å². The van der Waals surface area contributed by atoms with Crippen LogP contribution in [0.2, 0.25) is 0 Å². The van der Waals surface area contributed by atoms with Crippen LogP contribution in [-0.2, 0) is 9.47 Å². The summed E-state index contributed by atoms with van der Waals surface area (Å²) in [5.74, 6) is -0.503. The Kier molecular flexibility index (Phi) is 3.37. The number of nitrogens with zero attached hydrogens (tertiary/aromatic N) is 1. The van der Waals surface area contributed by atoms with Gasteiger partial charge >= 0.3 is 0 Å². The quantitative estimate of drug-likeness (QED) is 0.795. The van der Waals surface area contributed by atoms with Gasteiger partial charge in [-0.25, -0.2) is 0 Å². The van der Waals surface area contributed by atoms with Crippen molar-refractivity contribution in [3.05, 3.63) is 33.8 Å². The Balaban J connectivity index is 1.77. The van der Waals surface area contributed by atoms with E-state index in [1.54, 1.807) is 0 Å². The summed E-state index contributed by atoms with van der Waals surface area (Å²) in [5.41, 5.74) is 1.78. The van der Waals surface area contributed by atoms with Crippen molar-refractivity contribution >= 4 is 21.8 Å². The van der Waals surface area contributed by atoms with Crippen LogP contribution < -0.4 is 0 Å². The van der Waals surface area contributed by atoms with Crippen molar-refractivity contribution in [2.75, 3.05) is 26.3 Å². The first kappa shape index (κ1) is 13.1. The van der Waals surface area contributed by atoms with E-state index >= 15 is 0 Å². The molecule has 1 aromatic rings. The molecule has 0 radical (unpaired) electrons. The molecule has 3 rings (SSSR count). The normalized spacial score (nSPS) is 21.3. The molecule has 0 aromatic heterocycles. The molecule has 0 saturated carbocycles. The first-order valence-electron chi connectivity index (χ1n) is 6.42. The Labute approximate surface area is 120 Å². The minimum Gasteiger partial charge on any atom is -0.346 e. The molecule has 2 fully saturated rings. The van der Waals surface area contributed by atoms with Crippen LogP contribution in [0.5, 0.6) is 0 Å². The van der Waals surface area contributed by atoms with Crippen LogP contribution in [0.15, 0.2) is 22.7 Å². The molecule has 2 aliphatic heterocycles. The summed E-state index contributed by atoms with van der Waals surface area (Å²) in [6, 6.07) is 5.76. The zero-order valence-corrected chi connectivity index (χ0v) is 12.4.